The maximum atomic E-state index is 12.0. The molecule has 0 radical (unpaired) electrons. The molecule has 7 heteroatoms. The van der Waals surface area contributed by atoms with Crippen LogP contribution in [0.2, 0.25) is 0 Å². The van der Waals surface area contributed by atoms with Crippen LogP contribution >= 0.6 is 0 Å². The van der Waals surface area contributed by atoms with E-state index in [9.17, 15) is 13.2 Å². The number of hydrogen-bond donors (Lipinski definition) is 0. The fourth-order valence-corrected chi connectivity index (χ4v) is 2.45. The van der Waals surface area contributed by atoms with Gasteiger partial charge in [-0.15, -0.1) is 0 Å². The molecule has 17 heavy (non-hydrogen) atoms. The molecule has 6 nitrogen and oxygen atoms in total. The standard InChI is InChI=1S/C10H21NO5S/c1-9(2)17(13,14)11(7-8-15-3)6-5-10(12)16-4/h9H,5-8H2,1-4H3. The Balaban J connectivity index is 4.59. The van der Waals surface area contributed by atoms with Crippen molar-refractivity contribution in [3.63, 3.8) is 0 Å². The Morgan fingerprint density at radius 2 is 1.82 bits per heavy atom. The van der Waals surface area contributed by atoms with Gasteiger partial charge in [0.1, 0.15) is 0 Å². The minimum Gasteiger partial charge on any atom is -0.469 e. The maximum absolute atomic E-state index is 12.0. The first-order chi connectivity index (χ1) is 7.86. The molecule has 0 aromatic carbocycles. The van der Waals surface area contributed by atoms with Crippen molar-refractivity contribution < 1.29 is 22.7 Å². The fourth-order valence-electron chi connectivity index (χ4n) is 1.18. The molecule has 0 spiro atoms. The second-order valence-corrected chi connectivity index (χ2v) is 6.30. The second kappa shape index (κ2) is 7.62. The lowest BCUT2D eigenvalue weighted by atomic mass is 10.4. The molecular formula is C10H21NO5S. The molecule has 0 aromatic heterocycles. The molecule has 0 unspecified atom stereocenters. The van der Waals surface area contributed by atoms with Crippen molar-refractivity contribution in [2.45, 2.75) is 25.5 Å². The zero-order chi connectivity index (χ0) is 13.5. The first-order valence-corrected chi connectivity index (χ1v) is 6.91. The van der Waals surface area contributed by atoms with E-state index in [4.69, 9.17) is 4.74 Å². The van der Waals surface area contributed by atoms with E-state index >= 15 is 0 Å². The number of ether oxygens (including phenoxy) is 2. The number of esters is 1. The molecule has 0 atom stereocenters. The minimum absolute atomic E-state index is 0.0478. The third kappa shape index (κ3) is 5.47. The molecular weight excluding hydrogens is 246 g/mol. The van der Waals surface area contributed by atoms with E-state index in [1.807, 2.05) is 0 Å². The van der Waals surface area contributed by atoms with Gasteiger partial charge >= 0.3 is 5.97 Å². The Hall–Kier alpha value is -0.660. The highest BCUT2D eigenvalue weighted by atomic mass is 32.2. The zero-order valence-corrected chi connectivity index (χ0v) is 11.6. The van der Waals surface area contributed by atoms with Gasteiger partial charge < -0.3 is 9.47 Å². The maximum Gasteiger partial charge on any atom is 0.306 e. The number of rotatable bonds is 8. The second-order valence-electron chi connectivity index (χ2n) is 3.81. The Morgan fingerprint density at radius 1 is 1.24 bits per heavy atom. The zero-order valence-electron chi connectivity index (χ0n) is 10.8. The lowest BCUT2D eigenvalue weighted by Crippen LogP contribution is -2.39. The van der Waals surface area contributed by atoms with E-state index in [0.717, 1.165) is 0 Å². The Labute approximate surface area is 103 Å². The highest BCUT2D eigenvalue weighted by molar-refractivity contribution is 7.89. The molecule has 102 valence electrons. The normalized spacial score (nSPS) is 12.1. The summed E-state index contributed by atoms with van der Waals surface area (Å²) in [4.78, 5) is 11.0. The van der Waals surface area contributed by atoms with Gasteiger partial charge in [-0.05, 0) is 13.8 Å². The smallest absolute Gasteiger partial charge is 0.306 e. The first kappa shape index (κ1) is 16.3. The summed E-state index contributed by atoms with van der Waals surface area (Å²) in [7, 11) is -0.593. The molecule has 0 amide bonds. The van der Waals surface area contributed by atoms with Crippen LogP contribution in [0.1, 0.15) is 20.3 Å². The summed E-state index contributed by atoms with van der Waals surface area (Å²) in [6.45, 7) is 3.87. The van der Waals surface area contributed by atoms with E-state index in [1.165, 1.54) is 18.5 Å². The summed E-state index contributed by atoms with van der Waals surface area (Å²) in [5, 5.41) is -0.517. The monoisotopic (exact) mass is 267 g/mol. The van der Waals surface area contributed by atoms with Crippen LogP contribution in [0.3, 0.4) is 0 Å². The number of hydrogen-bond acceptors (Lipinski definition) is 5. The largest absolute Gasteiger partial charge is 0.469 e. The molecule has 0 saturated carbocycles. The molecule has 0 N–H and O–H groups in total. The van der Waals surface area contributed by atoms with Crippen LogP contribution in [0.5, 0.6) is 0 Å². The van der Waals surface area contributed by atoms with E-state index in [-0.39, 0.29) is 19.5 Å². The molecule has 0 aliphatic heterocycles. The number of methoxy groups -OCH3 is 2. The molecule has 0 aliphatic rings. The molecule has 0 saturated heterocycles. The summed E-state index contributed by atoms with van der Waals surface area (Å²) in [6, 6.07) is 0. The van der Waals surface area contributed by atoms with Crippen molar-refractivity contribution in [3.8, 4) is 0 Å². The van der Waals surface area contributed by atoms with Crippen LogP contribution in [-0.2, 0) is 24.3 Å². The molecule has 0 aliphatic carbocycles. The van der Waals surface area contributed by atoms with Gasteiger partial charge in [0.15, 0.2) is 0 Å². The lowest BCUT2D eigenvalue weighted by Gasteiger charge is -2.23. The predicted molar refractivity (Wildman–Crippen MR) is 64.1 cm³/mol. The van der Waals surface area contributed by atoms with Crippen molar-refractivity contribution >= 4 is 16.0 Å². The van der Waals surface area contributed by atoms with E-state index in [2.05, 4.69) is 4.74 Å². The highest BCUT2D eigenvalue weighted by Gasteiger charge is 2.25. The van der Waals surface area contributed by atoms with Crippen LogP contribution in [0, 0.1) is 0 Å². The van der Waals surface area contributed by atoms with E-state index in [1.54, 1.807) is 13.8 Å². The molecule has 0 bridgehead atoms. The summed E-state index contributed by atoms with van der Waals surface area (Å²) in [5.74, 6) is -0.425. The van der Waals surface area contributed by atoms with Gasteiger partial charge in [0.05, 0.1) is 25.4 Å². The Morgan fingerprint density at radius 3 is 2.24 bits per heavy atom. The van der Waals surface area contributed by atoms with Crippen molar-refractivity contribution in [1.29, 1.82) is 0 Å². The van der Waals surface area contributed by atoms with E-state index in [0.29, 0.717) is 6.61 Å². The SMILES string of the molecule is COCCN(CCC(=O)OC)S(=O)(=O)C(C)C. The van der Waals surface area contributed by atoms with Crippen molar-refractivity contribution in [3.05, 3.63) is 0 Å². The average Bonchev–Trinajstić information content (AvgIpc) is 2.28. The fraction of sp³-hybridized carbons (Fsp3) is 0.900. The Bertz CT molecular complexity index is 326. The van der Waals surface area contributed by atoms with E-state index < -0.39 is 21.2 Å². The minimum atomic E-state index is -3.37. The highest BCUT2D eigenvalue weighted by Crippen LogP contribution is 2.09. The van der Waals surface area contributed by atoms with Gasteiger partial charge in [-0.1, -0.05) is 0 Å². The summed E-state index contributed by atoms with van der Waals surface area (Å²) >= 11 is 0. The van der Waals surface area contributed by atoms with Gasteiger partial charge in [-0.3, -0.25) is 4.79 Å². The number of carbonyl (C=O) groups excluding carboxylic acids is 1. The van der Waals surface area contributed by atoms with Crippen LogP contribution in [0.15, 0.2) is 0 Å². The van der Waals surface area contributed by atoms with Gasteiger partial charge in [0.25, 0.3) is 0 Å². The van der Waals surface area contributed by atoms with Gasteiger partial charge in [0, 0.05) is 20.2 Å². The van der Waals surface area contributed by atoms with Crippen molar-refractivity contribution in [2.75, 3.05) is 33.9 Å². The summed E-state index contributed by atoms with van der Waals surface area (Å²) in [5.41, 5.74) is 0. The summed E-state index contributed by atoms with van der Waals surface area (Å²) < 4.78 is 34.5. The molecule has 0 heterocycles. The third-order valence-corrected chi connectivity index (χ3v) is 4.57. The topological polar surface area (TPSA) is 72.9 Å². The average molecular weight is 267 g/mol. The quantitative estimate of drug-likeness (QED) is 0.589. The lowest BCUT2D eigenvalue weighted by molar-refractivity contribution is -0.140. The number of sulfonamides is 1. The molecule has 0 fully saturated rings. The van der Waals surface area contributed by atoms with Gasteiger partial charge in [-0.2, -0.15) is 4.31 Å². The summed E-state index contributed by atoms with van der Waals surface area (Å²) in [6.07, 6.45) is 0.0478. The Kier molecular flexibility index (Phi) is 7.33. The van der Waals surface area contributed by atoms with Gasteiger partial charge in [0.2, 0.25) is 10.0 Å². The van der Waals surface area contributed by atoms with Crippen molar-refractivity contribution in [1.82, 2.24) is 4.31 Å². The predicted octanol–water partition coefficient (Wildman–Crippen LogP) is 0.236. The third-order valence-electron chi connectivity index (χ3n) is 2.29. The van der Waals surface area contributed by atoms with Crippen LogP contribution in [-0.4, -0.2) is 57.9 Å². The van der Waals surface area contributed by atoms with Gasteiger partial charge in [-0.25, -0.2) is 8.42 Å². The van der Waals surface area contributed by atoms with Crippen molar-refractivity contribution in [2.24, 2.45) is 0 Å². The number of nitrogens with zero attached hydrogens (tertiary/aromatic N) is 1. The van der Waals surface area contributed by atoms with Crippen LogP contribution in [0.25, 0.3) is 0 Å². The van der Waals surface area contributed by atoms with Crippen LogP contribution in [0.4, 0.5) is 0 Å². The first-order valence-electron chi connectivity index (χ1n) is 5.41. The molecule has 0 aromatic rings. The molecule has 0 rings (SSSR count). The number of carbonyl (C=O) groups is 1. The van der Waals surface area contributed by atoms with Crippen LogP contribution < -0.4 is 0 Å².